The minimum absolute atomic E-state index is 0.0404. The maximum Gasteiger partial charge on any atom is 0.251 e. The maximum atomic E-state index is 11.9. The molecule has 2 nitrogen and oxygen atoms in total. The lowest BCUT2D eigenvalue weighted by Gasteiger charge is -2.09. The first-order valence-corrected chi connectivity index (χ1v) is 7.05. The molecular weight excluding hydrogens is 393 g/mol. The molecule has 0 N–H and O–H groups in total. The molecule has 0 saturated heterocycles. The van der Waals surface area contributed by atoms with E-state index in [0.29, 0.717) is 6.54 Å². The van der Waals surface area contributed by atoms with Crippen molar-refractivity contribution < 1.29 is 0 Å². The Hall–Kier alpha value is -0.620. The molecule has 0 aliphatic rings. The lowest BCUT2D eigenvalue weighted by atomic mass is 10.2. The van der Waals surface area contributed by atoms with Crippen LogP contribution in [0.3, 0.4) is 0 Å². The van der Waals surface area contributed by atoms with Gasteiger partial charge in [-0.25, -0.2) is 0 Å². The van der Waals surface area contributed by atoms with Crippen LogP contribution in [0.25, 0.3) is 0 Å². The Balaban J connectivity index is 2.41. The Morgan fingerprint density at radius 2 is 2.06 bits per heavy atom. The second kappa shape index (κ2) is 5.35. The van der Waals surface area contributed by atoms with Crippen molar-refractivity contribution >= 4 is 38.5 Å². The number of rotatable bonds is 2. The van der Waals surface area contributed by atoms with Crippen molar-refractivity contribution in [1.29, 1.82) is 0 Å². The third-order valence-electron chi connectivity index (χ3n) is 2.57. The zero-order chi connectivity index (χ0) is 12.4. The van der Waals surface area contributed by atoms with Crippen molar-refractivity contribution in [2.45, 2.75) is 13.5 Å². The molecule has 0 aliphatic carbocycles. The topological polar surface area (TPSA) is 22.0 Å². The van der Waals surface area contributed by atoms with Gasteiger partial charge in [-0.3, -0.25) is 4.79 Å². The predicted molar refractivity (Wildman–Crippen MR) is 81.4 cm³/mol. The van der Waals surface area contributed by atoms with E-state index < -0.39 is 0 Å². The number of pyridine rings is 1. The molecule has 0 radical (unpaired) electrons. The first kappa shape index (κ1) is 12.8. The SMILES string of the molecule is Cc1cc(=O)n(Cc2ccccc2Br)cc1I. The molecule has 1 aromatic heterocycles. The molecule has 2 aromatic rings. The predicted octanol–water partition coefficient (Wildman–Crippen LogP) is 3.57. The van der Waals surface area contributed by atoms with E-state index in [4.69, 9.17) is 0 Å². The Morgan fingerprint density at radius 1 is 1.35 bits per heavy atom. The second-order valence-corrected chi connectivity index (χ2v) is 5.88. The van der Waals surface area contributed by atoms with Crippen LogP contribution >= 0.6 is 38.5 Å². The molecule has 17 heavy (non-hydrogen) atoms. The third kappa shape index (κ3) is 2.98. The molecular formula is C13H11BrINO. The molecule has 0 aliphatic heterocycles. The van der Waals surface area contributed by atoms with Gasteiger partial charge in [0, 0.05) is 20.3 Å². The van der Waals surface area contributed by atoms with Crippen LogP contribution in [0.1, 0.15) is 11.1 Å². The monoisotopic (exact) mass is 403 g/mol. The lowest BCUT2D eigenvalue weighted by Crippen LogP contribution is -2.20. The van der Waals surface area contributed by atoms with Crippen LogP contribution in [0, 0.1) is 10.5 Å². The van der Waals surface area contributed by atoms with E-state index >= 15 is 0 Å². The summed E-state index contributed by atoms with van der Waals surface area (Å²) in [5, 5.41) is 0. The number of aromatic nitrogens is 1. The zero-order valence-electron chi connectivity index (χ0n) is 9.28. The van der Waals surface area contributed by atoms with Crippen LogP contribution in [-0.4, -0.2) is 4.57 Å². The van der Waals surface area contributed by atoms with Crippen molar-refractivity contribution in [3.63, 3.8) is 0 Å². The summed E-state index contributed by atoms with van der Waals surface area (Å²) in [7, 11) is 0. The van der Waals surface area contributed by atoms with Crippen molar-refractivity contribution in [1.82, 2.24) is 4.57 Å². The summed E-state index contributed by atoms with van der Waals surface area (Å²) in [5.41, 5.74) is 2.17. The van der Waals surface area contributed by atoms with E-state index in [9.17, 15) is 4.79 Å². The summed E-state index contributed by atoms with van der Waals surface area (Å²) >= 11 is 5.74. The highest BCUT2D eigenvalue weighted by Crippen LogP contribution is 2.17. The van der Waals surface area contributed by atoms with Gasteiger partial charge in [0.15, 0.2) is 0 Å². The van der Waals surface area contributed by atoms with E-state index in [-0.39, 0.29) is 5.56 Å². The van der Waals surface area contributed by atoms with Crippen molar-refractivity contribution in [2.75, 3.05) is 0 Å². The van der Waals surface area contributed by atoms with Crippen LogP contribution < -0.4 is 5.56 Å². The van der Waals surface area contributed by atoms with Gasteiger partial charge in [-0.2, -0.15) is 0 Å². The van der Waals surface area contributed by atoms with Crippen molar-refractivity contribution in [3.8, 4) is 0 Å². The third-order valence-corrected chi connectivity index (χ3v) is 4.47. The highest BCUT2D eigenvalue weighted by Gasteiger charge is 2.04. The molecule has 0 amide bonds. The first-order valence-electron chi connectivity index (χ1n) is 5.18. The minimum Gasteiger partial charge on any atom is -0.310 e. The van der Waals surface area contributed by atoms with Crippen LogP contribution in [0.5, 0.6) is 0 Å². The molecule has 0 atom stereocenters. The van der Waals surface area contributed by atoms with Crippen LogP contribution in [0.4, 0.5) is 0 Å². The van der Waals surface area contributed by atoms with Gasteiger partial charge in [-0.05, 0) is 46.7 Å². The van der Waals surface area contributed by atoms with E-state index in [1.165, 1.54) is 0 Å². The van der Waals surface area contributed by atoms with E-state index in [1.807, 2.05) is 37.4 Å². The number of aryl methyl sites for hydroxylation is 1. The molecule has 1 heterocycles. The standard InChI is InChI=1S/C13H11BrINO/c1-9-6-13(17)16(8-12(9)15)7-10-4-2-3-5-11(10)14/h2-6,8H,7H2,1H3. The number of nitrogens with zero attached hydrogens (tertiary/aromatic N) is 1. The fourth-order valence-corrected chi connectivity index (χ4v) is 2.48. The van der Waals surface area contributed by atoms with E-state index in [1.54, 1.807) is 10.6 Å². The fourth-order valence-electron chi connectivity index (χ4n) is 1.57. The smallest absolute Gasteiger partial charge is 0.251 e. The molecule has 88 valence electrons. The maximum absolute atomic E-state index is 11.9. The molecule has 0 unspecified atom stereocenters. The Kier molecular flexibility index (Phi) is 4.04. The van der Waals surface area contributed by atoms with Crippen LogP contribution in [-0.2, 0) is 6.54 Å². The van der Waals surface area contributed by atoms with Gasteiger partial charge < -0.3 is 4.57 Å². The summed E-state index contributed by atoms with van der Waals surface area (Å²) in [5.74, 6) is 0. The van der Waals surface area contributed by atoms with Gasteiger partial charge in [0.25, 0.3) is 5.56 Å². The molecule has 1 aromatic carbocycles. The molecule has 2 rings (SSSR count). The largest absolute Gasteiger partial charge is 0.310 e. The molecule has 0 spiro atoms. The Labute approximate surface area is 122 Å². The molecule has 0 saturated carbocycles. The highest BCUT2D eigenvalue weighted by molar-refractivity contribution is 14.1. The minimum atomic E-state index is 0.0404. The van der Waals surface area contributed by atoms with Crippen molar-refractivity contribution in [3.05, 3.63) is 66.1 Å². The second-order valence-electron chi connectivity index (χ2n) is 3.86. The lowest BCUT2D eigenvalue weighted by molar-refractivity contribution is 0.750. The Morgan fingerprint density at radius 3 is 2.76 bits per heavy atom. The van der Waals surface area contributed by atoms with Gasteiger partial charge in [-0.1, -0.05) is 34.1 Å². The summed E-state index contributed by atoms with van der Waals surface area (Å²) in [6.07, 6.45) is 1.90. The number of hydrogen-bond donors (Lipinski definition) is 0. The summed E-state index contributed by atoms with van der Waals surface area (Å²) in [4.78, 5) is 11.9. The van der Waals surface area contributed by atoms with Gasteiger partial charge in [0.2, 0.25) is 0 Å². The molecule has 4 heteroatoms. The number of halogens is 2. The average molecular weight is 404 g/mol. The van der Waals surface area contributed by atoms with Gasteiger partial charge >= 0.3 is 0 Å². The van der Waals surface area contributed by atoms with E-state index in [0.717, 1.165) is 19.2 Å². The van der Waals surface area contributed by atoms with Gasteiger partial charge in [0.1, 0.15) is 0 Å². The summed E-state index contributed by atoms with van der Waals surface area (Å²) in [6.45, 7) is 2.54. The fraction of sp³-hybridized carbons (Fsp3) is 0.154. The van der Waals surface area contributed by atoms with E-state index in [2.05, 4.69) is 38.5 Å². The van der Waals surface area contributed by atoms with Crippen molar-refractivity contribution in [2.24, 2.45) is 0 Å². The highest BCUT2D eigenvalue weighted by atomic mass is 127. The number of hydrogen-bond acceptors (Lipinski definition) is 1. The summed E-state index contributed by atoms with van der Waals surface area (Å²) in [6, 6.07) is 9.63. The van der Waals surface area contributed by atoms with Crippen LogP contribution in [0.2, 0.25) is 0 Å². The zero-order valence-corrected chi connectivity index (χ0v) is 13.0. The quantitative estimate of drug-likeness (QED) is 0.702. The molecule has 0 bridgehead atoms. The average Bonchev–Trinajstić information content (AvgIpc) is 2.29. The first-order chi connectivity index (χ1) is 8.08. The van der Waals surface area contributed by atoms with Gasteiger partial charge in [0.05, 0.1) is 6.54 Å². The Bertz CT molecular complexity index is 607. The summed E-state index contributed by atoms with van der Waals surface area (Å²) < 4.78 is 3.87. The number of benzene rings is 1. The van der Waals surface area contributed by atoms with Crippen LogP contribution in [0.15, 0.2) is 45.8 Å². The normalized spacial score (nSPS) is 10.5. The van der Waals surface area contributed by atoms with Gasteiger partial charge in [-0.15, -0.1) is 0 Å². The molecule has 0 fully saturated rings.